The van der Waals surface area contributed by atoms with Crippen molar-refractivity contribution in [3.8, 4) is 11.5 Å². The van der Waals surface area contributed by atoms with E-state index in [1.165, 1.54) is 11.3 Å². The SMILES string of the molecule is Cc1cc(C)n(CCN(C(=O)c2cccc(Oc3ccccc3)c2)c2nc3c(C)c(Cl)ccc3s2)n1. The second-order valence-corrected chi connectivity index (χ2v) is 9.98. The summed E-state index contributed by atoms with van der Waals surface area (Å²) in [5, 5.41) is 5.84. The van der Waals surface area contributed by atoms with Crippen LogP contribution >= 0.6 is 22.9 Å². The molecule has 0 bridgehead atoms. The van der Waals surface area contributed by atoms with E-state index in [4.69, 9.17) is 21.3 Å². The number of hydrogen-bond acceptors (Lipinski definition) is 5. The maximum absolute atomic E-state index is 13.9. The van der Waals surface area contributed by atoms with Crippen LogP contribution < -0.4 is 9.64 Å². The third-order valence-corrected chi connectivity index (χ3v) is 7.36. The second-order valence-electron chi connectivity index (χ2n) is 8.57. The van der Waals surface area contributed by atoms with Crippen LogP contribution in [0.5, 0.6) is 11.5 Å². The molecule has 182 valence electrons. The van der Waals surface area contributed by atoms with Gasteiger partial charge in [0.15, 0.2) is 5.13 Å². The third-order valence-electron chi connectivity index (χ3n) is 5.91. The number of carbonyl (C=O) groups is 1. The highest BCUT2D eigenvalue weighted by Gasteiger charge is 2.23. The number of carbonyl (C=O) groups excluding carboxylic acids is 1. The average Bonchev–Trinajstić information content (AvgIpc) is 3.45. The van der Waals surface area contributed by atoms with Crippen molar-refractivity contribution in [3.05, 3.63) is 100 Å². The summed E-state index contributed by atoms with van der Waals surface area (Å²) in [6.45, 7) is 6.88. The van der Waals surface area contributed by atoms with Gasteiger partial charge in [-0.1, -0.05) is 47.2 Å². The molecule has 3 aromatic carbocycles. The molecule has 5 rings (SSSR count). The Bertz CT molecular complexity index is 1540. The third kappa shape index (κ3) is 4.98. The summed E-state index contributed by atoms with van der Waals surface area (Å²) in [7, 11) is 0. The molecule has 0 radical (unpaired) electrons. The van der Waals surface area contributed by atoms with Gasteiger partial charge < -0.3 is 4.74 Å². The maximum Gasteiger partial charge on any atom is 0.260 e. The van der Waals surface area contributed by atoms with Crippen LogP contribution in [0.15, 0.2) is 72.8 Å². The lowest BCUT2D eigenvalue weighted by Crippen LogP contribution is -2.34. The Morgan fingerprint density at radius 2 is 1.78 bits per heavy atom. The standard InChI is InChI=1S/C28H25ClN4O2S/c1-18-16-19(2)33(31-18)15-14-32(28-30-26-20(3)24(29)12-13-25(26)36-28)27(34)21-8-7-11-23(17-21)35-22-9-5-4-6-10-22/h4-13,16-17H,14-15H2,1-3H3. The van der Waals surface area contributed by atoms with Gasteiger partial charge in [0.05, 0.1) is 22.5 Å². The van der Waals surface area contributed by atoms with Crippen LogP contribution in [-0.4, -0.2) is 27.2 Å². The van der Waals surface area contributed by atoms with E-state index in [2.05, 4.69) is 5.10 Å². The van der Waals surface area contributed by atoms with Gasteiger partial charge in [0.25, 0.3) is 5.91 Å². The van der Waals surface area contributed by atoms with Crippen molar-refractivity contribution >= 4 is 44.2 Å². The Balaban J connectivity index is 1.49. The number of para-hydroxylation sites is 1. The number of halogens is 1. The molecule has 8 heteroatoms. The molecule has 1 amide bonds. The van der Waals surface area contributed by atoms with E-state index < -0.39 is 0 Å². The molecule has 0 N–H and O–H groups in total. The quantitative estimate of drug-likeness (QED) is 0.229. The summed E-state index contributed by atoms with van der Waals surface area (Å²) in [5.74, 6) is 1.15. The lowest BCUT2D eigenvalue weighted by atomic mass is 10.2. The summed E-state index contributed by atoms with van der Waals surface area (Å²) >= 11 is 7.82. The van der Waals surface area contributed by atoms with Crippen molar-refractivity contribution in [3.63, 3.8) is 0 Å². The fraction of sp³-hybridized carbons (Fsp3) is 0.179. The van der Waals surface area contributed by atoms with Gasteiger partial charge >= 0.3 is 0 Å². The molecule has 6 nitrogen and oxygen atoms in total. The molecule has 2 aromatic heterocycles. The Hall–Kier alpha value is -3.68. The number of fused-ring (bicyclic) bond motifs is 1. The van der Waals surface area contributed by atoms with E-state index in [1.54, 1.807) is 17.0 Å². The monoisotopic (exact) mass is 516 g/mol. The average molecular weight is 517 g/mol. The van der Waals surface area contributed by atoms with Crippen LogP contribution in [0.3, 0.4) is 0 Å². The summed E-state index contributed by atoms with van der Waals surface area (Å²) in [5.41, 5.74) is 4.23. The molecule has 0 saturated heterocycles. The molecule has 0 saturated carbocycles. The molecule has 0 fully saturated rings. The number of hydrogen-bond donors (Lipinski definition) is 0. The summed E-state index contributed by atoms with van der Waals surface area (Å²) < 4.78 is 8.87. The van der Waals surface area contributed by atoms with Crippen molar-refractivity contribution in [1.82, 2.24) is 14.8 Å². The minimum absolute atomic E-state index is 0.155. The zero-order valence-electron chi connectivity index (χ0n) is 20.2. The van der Waals surface area contributed by atoms with Crippen LogP contribution in [-0.2, 0) is 6.54 Å². The van der Waals surface area contributed by atoms with Gasteiger partial charge in [-0.3, -0.25) is 14.4 Å². The number of rotatable bonds is 7. The molecule has 36 heavy (non-hydrogen) atoms. The maximum atomic E-state index is 13.9. The van der Waals surface area contributed by atoms with Gasteiger partial charge in [0, 0.05) is 22.8 Å². The van der Waals surface area contributed by atoms with Crippen LogP contribution in [0.1, 0.15) is 27.3 Å². The van der Waals surface area contributed by atoms with Crippen molar-refractivity contribution in [1.29, 1.82) is 0 Å². The highest BCUT2D eigenvalue weighted by Crippen LogP contribution is 2.34. The highest BCUT2D eigenvalue weighted by molar-refractivity contribution is 7.22. The van der Waals surface area contributed by atoms with Gasteiger partial charge in [0.1, 0.15) is 11.5 Å². The molecular weight excluding hydrogens is 492 g/mol. The predicted molar refractivity (Wildman–Crippen MR) is 146 cm³/mol. The zero-order valence-corrected chi connectivity index (χ0v) is 21.8. The van der Waals surface area contributed by atoms with Crippen molar-refractivity contribution in [2.75, 3.05) is 11.4 Å². The number of nitrogens with zero attached hydrogens (tertiary/aromatic N) is 4. The Labute approximate surface area is 218 Å². The van der Waals surface area contributed by atoms with Gasteiger partial charge in [0.2, 0.25) is 0 Å². The first kappa shape index (κ1) is 24.0. The summed E-state index contributed by atoms with van der Waals surface area (Å²) in [6, 6.07) is 22.6. The zero-order chi connectivity index (χ0) is 25.2. The molecule has 5 aromatic rings. The summed E-state index contributed by atoms with van der Waals surface area (Å²) in [6.07, 6.45) is 0. The molecule has 0 unspecified atom stereocenters. The van der Waals surface area contributed by atoms with E-state index in [0.29, 0.717) is 40.3 Å². The first-order chi connectivity index (χ1) is 17.4. The second kappa shape index (κ2) is 10.1. The number of aromatic nitrogens is 3. The molecule has 0 aliphatic heterocycles. The molecule has 0 aliphatic carbocycles. The van der Waals surface area contributed by atoms with Gasteiger partial charge in [-0.25, -0.2) is 4.98 Å². The topological polar surface area (TPSA) is 60.2 Å². The van der Waals surface area contributed by atoms with E-state index in [1.807, 2.05) is 86.1 Å². The van der Waals surface area contributed by atoms with Gasteiger partial charge in [-0.2, -0.15) is 5.10 Å². The Kier molecular flexibility index (Phi) is 6.76. The molecule has 0 spiro atoms. The predicted octanol–water partition coefficient (Wildman–Crippen LogP) is 7.21. The lowest BCUT2D eigenvalue weighted by molar-refractivity contribution is 0.0985. The van der Waals surface area contributed by atoms with Crippen LogP contribution in [0, 0.1) is 20.8 Å². The smallest absolute Gasteiger partial charge is 0.260 e. The normalized spacial score (nSPS) is 11.1. The number of ether oxygens (including phenoxy) is 1. The number of amides is 1. The first-order valence-electron chi connectivity index (χ1n) is 11.6. The molecule has 2 heterocycles. The number of anilines is 1. The number of aryl methyl sites for hydroxylation is 3. The van der Waals surface area contributed by atoms with E-state index >= 15 is 0 Å². The van der Waals surface area contributed by atoms with Crippen molar-refractivity contribution in [2.24, 2.45) is 0 Å². The first-order valence-corrected chi connectivity index (χ1v) is 12.8. The lowest BCUT2D eigenvalue weighted by Gasteiger charge is -2.21. The highest BCUT2D eigenvalue weighted by atomic mass is 35.5. The van der Waals surface area contributed by atoms with Crippen LogP contribution in [0.25, 0.3) is 10.2 Å². The van der Waals surface area contributed by atoms with Crippen molar-refractivity contribution in [2.45, 2.75) is 27.3 Å². The van der Waals surface area contributed by atoms with Gasteiger partial charge in [-0.15, -0.1) is 0 Å². The fourth-order valence-electron chi connectivity index (χ4n) is 4.06. The van der Waals surface area contributed by atoms with E-state index in [-0.39, 0.29) is 5.91 Å². The van der Waals surface area contributed by atoms with Crippen LogP contribution in [0.4, 0.5) is 5.13 Å². The number of thiazole rings is 1. The Morgan fingerprint density at radius 3 is 2.53 bits per heavy atom. The minimum atomic E-state index is -0.155. The molecular formula is C28H25ClN4O2S. The van der Waals surface area contributed by atoms with E-state index in [0.717, 1.165) is 27.2 Å². The molecule has 0 atom stereocenters. The Morgan fingerprint density at radius 1 is 1.00 bits per heavy atom. The summed E-state index contributed by atoms with van der Waals surface area (Å²) in [4.78, 5) is 20.4. The van der Waals surface area contributed by atoms with Gasteiger partial charge in [-0.05, 0) is 74.9 Å². The minimum Gasteiger partial charge on any atom is -0.457 e. The van der Waals surface area contributed by atoms with E-state index in [9.17, 15) is 4.79 Å². The molecule has 0 aliphatic rings. The van der Waals surface area contributed by atoms with Crippen LogP contribution in [0.2, 0.25) is 5.02 Å². The fourth-order valence-corrected chi connectivity index (χ4v) is 5.26. The number of benzene rings is 3. The largest absolute Gasteiger partial charge is 0.457 e. The van der Waals surface area contributed by atoms with Crippen molar-refractivity contribution < 1.29 is 9.53 Å².